The molecule has 1 amide bonds. The topological polar surface area (TPSA) is 49.9 Å². The number of hydrogen-bond donors (Lipinski definition) is 0. The predicted octanol–water partition coefficient (Wildman–Crippen LogP) is 4.47. The SMILES string of the molecule is C#Cc1cccc(CCCCN2CCSC(=O)N2CCc2ccc(C(=O)OC)s2)c1. The molecule has 1 aliphatic heterocycles. The molecule has 5 nitrogen and oxygen atoms in total. The van der Waals surface area contributed by atoms with Crippen molar-refractivity contribution in [2.24, 2.45) is 0 Å². The zero-order valence-electron chi connectivity index (χ0n) is 17.1. The van der Waals surface area contributed by atoms with E-state index in [0.29, 0.717) is 11.4 Å². The van der Waals surface area contributed by atoms with Crippen LogP contribution in [0.3, 0.4) is 0 Å². The molecule has 0 saturated carbocycles. The van der Waals surface area contributed by atoms with Crippen LogP contribution in [0.2, 0.25) is 0 Å². The molecule has 0 radical (unpaired) electrons. The minimum atomic E-state index is -0.315. The maximum Gasteiger partial charge on any atom is 0.348 e. The van der Waals surface area contributed by atoms with E-state index >= 15 is 0 Å². The number of thioether (sulfide) groups is 1. The second kappa shape index (κ2) is 11.2. The normalized spacial score (nSPS) is 14.5. The number of carbonyl (C=O) groups excluding carboxylic acids is 2. The van der Waals surface area contributed by atoms with Gasteiger partial charge in [-0.2, -0.15) is 0 Å². The first kappa shape index (κ1) is 22.4. The summed E-state index contributed by atoms with van der Waals surface area (Å²) < 4.78 is 4.76. The fourth-order valence-corrected chi connectivity index (χ4v) is 5.14. The van der Waals surface area contributed by atoms with Gasteiger partial charge in [0.05, 0.1) is 7.11 Å². The number of benzene rings is 1. The van der Waals surface area contributed by atoms with E-state index < -0.39 is 0 Å². The van der Waals surface area contributed by atoms with Gasteiger partial charge in [-0.3, -0.25) is 9.80 Å². The Kier molecular flexibility index (Phi) is 8.38. The van der Waals surface area contributed by atoms with Crippen molar-refractivity contribution in [2.45, 2.75) is 25.7 Å². The molecule has 0 spiro atoms. The van der Waals surface area contributed by atoms with Crippen molar-refractivity contribution >= 4 is 34.3 Å². The fourth-order valence-electron chi connectivity index (χ4n) is 3.39. The monoisotopic (exact) mass is 442 g/mol. The van der Waals surface area contributed by atoms with E-state index in [1.807, 2.05) is 23.2 Å². The van der Waals surface area contributed by atoms with E-state index in [1.54, 1.807) is 6.07 Å². The zero-order chi connectivity index (χ0) is 21.3. The van der Waals surface area contributed by atoms with Crippen LogP contribution >= 0.6 is 23.1 Å². The van der Waals surface area contributed by atoms with E-state index in [9.17, 15) is 9.59 Å². The Morgan fingerprint density at radius 3 is 2.87 bits per heavy atom. The van der Waals surface area contributed by atoms with E-state index in [-0.39, 0.29) is 11.2 Å². The summed E-state index contributed by atoms with van der Waals surface area (Å²) in [6, 6.07) is 11.8. The van der Waals surface area contributed by atoms with Gasteiger partial charge in [-0.1, -0.05) is 29.8 Å². The lowest BCUT2D eigenvalue weighted by Crippen LogP contribution is -2.50. The number of aryl methyl sites for hydroxylation is 1. The summed E-state index contributed by atoms with van der Waals surface area (Å²) in [6.07, 6.45) is 9.25. The van der Waals surface area contributed by atoms with Gasteiger partial charge in [-0.15, -0.1) is 17.8 Å². The third-order valence-corrected chi connectivity index (χ3v) is 6.94. The van der Waals surface area contributed by atoms with Crippen LogP contribution in [0.15, 0.2) is 36.4 Å². The Balaban J connectivity index is 1.49. The van der Waals surface area contributed by atoms with Gasteiger partial charge in [0.15, 0.2) is 0 Å². The third-order valence-electron chi connectivity index (χ3n) is 4.97. The molecule has 0 aliphatic carbocycles. The molecule has 0 atom stereocenters. The van der Waals surface area contributed by atoms with Gasteiger partial charge in [0.1, 0.15) is 4.88 Å². The number of ether oxygens (including phenoxy) is 1. The van der Waals surface area contributed by atoms with Crippen molar-refractivity contribution in [3.8, 4) is 12.3 Å². The molecule has 2 heterocycles. The van der Waals surface area contributed by atoms with Gasteiger partial charge >= 0.3 is 5.97 Å². The lowest BCUT2D eigenvalue weighted by molar-refractivity contribution is 0.0270. The highest BCUT2D eigenvalue weighted by Gasteiger charge is 2.26. The van der Waals surface area contributed by atoms with Gasteiger partial charge in [0, 0.05) is 42.2 Å². The Morgan fingerprint density at radius 1 is 1.20 bits per heavy atom. The number of carbonyl (C=O) groups is 2. The fraction of sp³-hybridized carbons (Fsp3) is 0.391. The van der Waals surface area contributed by atoms with Crippen LogP contribution < -0.4 is 0 Å². The number of esters is 1. The standard InChI is InChI=1S/C23H26N2O3S2/c1-3-18-8-6-9-19(17-18)7-4-5-13-24-15-16-29-23(27)25(24)14-12-20-10-11-21(30-20)22(26)28-2/h1,6,8-11,17H,4-5,7,12-16H2,2H3. The zero-order valence-corrected chi connectivity index (χ0v) is 18.8. The summed E-state index contributed by atoms with van der Waals surface area (Å²) >= 11 is 2.80. The first-order chi connectivity index (χ1) is 14.6. The first-order valence-electron chi connectivity index (χ1n) is 10.0. The highest BCUT2D eigenvalue weighted by atomic mass is 32.2. The second-order valence-electron chi connectivity index (χ2n) is 7.00. The van der Waals surface area contributed by atoms with Crippen molar-refractivity contribution in [1.82, 2.24) is 10.0 Å². The van der Waals surface area contributed by atoms with Crippen LogP contribution in [0.5, 0.6) is 0 Å². The molecule has 0 unspecified atom stereocenters. The maximum atomic E-state index is 12.5. The Labute approximate surface area is 186 Å². The summed E-state index contributed by atoms with van der Waals surface area (Å²) in [5, 5.41) is 4.14. The second-order valence-corrected chi connectivity index (χ2v) is 9.22. The third kappa shape index (κ3) is 6.11. The molecule has 1 fully saturated rings. The molecule has 7 heteroatoms. The largest absolute Gasteiger partial charge is 0.465 e. The molecular formula is C23H26N2O3S2. The minimum absolute atomic E-state index is 0.104. The molecule has 30 heavy (non-hydrogen) atoms. The number of hydrogen-bond acceptors (Lipinski definition) is 6. The van der Waals surface area contributed by atoms with E-state index in [2.05, 4.69) is 23.1 Å². The number of rotatable bonds is 9. The molecule has 0 N–H and O–H groups in total. The van der Waals surface area contributed by atoms with Crippen molar-refractivity contribution in [3.05, 3.63) is 57.3 Å². The van der Waals surface area contributed by atoms with Crippen LogP contribution in [0.25, 0.3) is 0 Å². The Morgan fingerprint density at radius 2 is 2.07 bits per heavy atom. The average molecular weight is 443 g/mol. The minimum Gasteiger partial charge on any atom is -0.465 e. The van der Waals surface area contributed by atoms with Gasteiger partial charge in [0.2, 0.25) is 0 Å². The molecule has 1 aromatic heterocycles. The van der Waals surface area contributed by atoms with Crippen LogP contribution in [0.4, 0.5) is 4.79 Å². The Bertz CT molecular complexity index is 919. The predicted molar refractivity (Wildman–Crippen MR) is 123 cm³/mol. The lowest BCUT2D eigenvalue weighted by Gasteiger charge is -2.38. The lowest BCUT2D eigenvalue weighted by atomic mass is 10.1. The average Bonchev–Trinajstić information content (AvgIpc) is 3.25. The van der Waals surface area contributed by atoms with Gasteiger partial charge in [-0.05, 0) is 49.1 Å². The first-order valence-corrected chi connectivity index (χ1v) is 11.8. The van der Waals surface area contributed by atoms with Crippen molar-refractivity contribution in [3.63, 3.8) is 0 Å². The number of terminal acetylenes is 1. The molecule has 1 aliphatic rings. The summed E-state index contributed by atoms with van der Waals surface area (Å²) in [6.45, 7) is 2.36. The summed E-state index contributed by atoms with van der Waals surface area (Å²) in [7, 11) is 1.38. The van der Waals surface area contributed by atoms with Crippen molar-refractivity contribution < 1.29 is 14.3 Å². The number of hydrazine groups is 1. The van der Waals surface area contributed by atoms with Crippen molar-refractivity contribution in [2.75, 3.05) is 32.5 Å². The molecule has 1 aromatic carbocycles. The number of unbranched alkanes of at least 4 members (excludes halogenated alkanes) is 1. The molecule has 1 saturated heterocycles. The summed E-state index contributed by atoms with van der Waals surface area (Å²) in [5.41, 5.74) is 2.17. The van der Waals surface area contributed by atoms with Crippen molar-refractivity contribution in [1.29, 1.82) is 0 Å². The quantitative estimate of drug-likeness (QED) is 0.326. The van der Waals surface area contributed by atoms with Crippen LogP contribution in [-0.2, 0) is 17.6 Å². The van der Waals surface area contributed by atoms with Gasteiger partial charge in [0.25, 0.3) is 5.24 Å². The molecule has 3 rings (SSSR count). The van der Waals surface area contributed by atoms with Gasteiger partial charge < -0.3 is 4.74 Å². The van der Waals surface area contributed by atoms with Gasteiger partial charge in [-0.25, -0.2) is 9.80 Å². The molecule has 2 aromatic rings. The van der Waals surface area contributed by atoms with Crippen LogP contribution in [-0.4, -0.2) is 53.7 Å². The highest BCUT2D eigenvalue weighted by molar-refractivity contribution is 8.13. The van der Waals surface area contributed by atoms with E-state index in [1.165, 1.54) is 35.8 Å². The van der Waals surface area contributed by atoms with E-state index in [4.69, 9.17) is 11.2 Å². The number of nitrogens with zero attached hydrogens (tertiary/aromatic N) is 2. The molecule has 0 bridgehead atoms. The maximum absolute atomic E-state index is 12.5. The summed E-state index contributed by atoms with van der Waals surface area (Å²) in [5.74, 6) is 3.19. The van der Waals surface area contributed by atoms with Crippen LogP contribution in [0, 0.1) is 12.3 Å². The highest BCUT2D eigenvalue weighted by Crippen LogP contribution is 2.22. The molecular weight excluding hydrogens is 416 g/mol. The number of amides is 1. The van der Waals surface area contributed by atoms with E-state index in [0.717, 1.165) is 55.0 Å². The Hall–Kier alpha value is -2.27. The number of methoxy groups -OCH3 is 1. The smallest absolute Gasteiger partial charge is 0.348 e. The summed E-state index contributed by atoms with van der Waals surface area (Å²) in [4.78, 5) is 25.8. The molecule has 158 valence electrons. The van der Waals surface area contributed by atoms with Crippen LogP contribution in [0.1, 0.15) is 38.5 Å². The number of thiophene rings is 1.